The van der Waals surface area contributed by atoms with E-state index in [0.29, 0.717) is 22.4 Å². The Labute approximate surface area is 154 Å². The summed E-state index contributed by atoms with van der Waals surface area (Å²) in [5.74, 6) is 0.348. The fraction of sp³-hybridized carbons (Fsp3) is 0.619. The Balaban J connectivity index is 1.90. The number of benzene rings is 1. The summed E-state index contributed by atoms with van der Waals surface area (Å²) in [6, 6.07) is 4.68. The molecule has 0 N–H and O–H groups in total. The minimum atomic E-state index is -0.397. The number of hydrogen-bond acceptors (Lipinski definition) is 3. The van der Waals surface area contributed by atoms with Crippen molar-refractivity contribution in [2.24, 2.45) is 10.8 Å². The van der Waals surface area contributed by atoms with Crippen molar-refractivity contribution in [2.45, 2.75) is 66.0 Å². The number of aromatic nitrogens is 2. The van der Waals surface area contributed by atoms with E-state index in [4.69, 9.17) is 4.98 Å². The van der Waals surface area contributed by atoms with Crippen LogP contribution in [0.5, 0.6) is 0 Å². The van der Waals surface area contributed by atoms with E-state index in [-0.39, 0.29) is 17.0 Å². The molecule has 140 valence electrons. The Morgan fingerprint density at radius 3 is 2.65 bits per heavy atom. The number of halogens is 1. The lowest BCUT2D eigenvalue weighted by atomic mass is 9.65. The van der Waals surface area contributed by atoms with Gasteiger partial charge < -0.3 is 4.90 Å². The molecule has 2 aromatic rings. The Kier molecular flexibility index (Phi) is 3.73. The minimum Gasteiger partial charge on any atom is -0.339 e. The molecule has 2 bridgehead atoms. The van der Waals surface area contributed by atoms with Gasteiger partial charge in [-0.05, 0) is 62.1 Å². The van der Waals surface area contributed by atoms with Gasteiger partial charge in [0.25, 0.3) is 5.56 Å². The average molecular weight is 357 g/mol. The number of fused-ring (bicyclic) bond motifs is 3. The fourth-order valence-corrected chi connectivity index (χ4v) is 5.52. The number of anilines is 1. The minimum absolute atomic E-state index is 0.0288. The van der Waals surface area contributed by atoms with Gasteiger partial charge in [-0.15, -0.1) is 0 Å². The van der Waals surface area contributed by atoms with Gasteiger partial charge in [-0.3, -0.25) is 9.36 Å². The first-order chi connectivity index (χ1) is 12.1. The molecule has 1 saturated heterocycles. The van der Waals surface area contributed by atoms with Gasteiger partial charge in [0, 0.05) is 18.6 Å². The van der Waals surface area contributed by atoms with E-state index in [1.54, 1.807) is 10.6 Å². The maximum Gasteiger partial charge on any atom is 0.263 e. The first-order valence-corrected chi connectivity index (χ1v) is 9.57. The molecule has 1 saturated carbocycles. The van der Waals surface area contributed by atoms with Gasteiger partial charge in [0.1, 0.15) is 5.82 Å². The van der Waals surface area contributed by atoms with Crippen LogP contribution in [0.25, 0.3) is 10.9 Å². The van der Waals surface area contributed by atoms with Crippen LogP contribution in [0.4, 0.5) is 10.3 Å². The Morgan fingerprint density at radius 2 is 1.96 bits per heavy atom. The second kappa shape index (κ2) is 5.54. The highest BCUT2D eigenvalue weighted by Gasteiger charge is 2.50. The third-order valence-corrected chi connectivity index (χ3v) is 6.03. The summed E-state index contributed by atoms with van der Waals surface area (Å²) in [6.45, 7) is 11.9. The van der Waals surface area contributed by atoms with Crippen LogP contribution < -0.4 is 10.5 Å². The van der Waals surface area contributed by atoms with Crippen LogP contribution in [-0.2, 0) is 0 Å². The smallest absolute Gasteiger partial charge is 0.263 e. The molecule has 2 fully saturated rings. The normalized spacial score (nSPS) is 27.5. The quantitative estimate of drug-likeness (QED) is 0.793. The van der Waals surface area contributed by atoms with Crippen LogP contribution in [0, 0.1) is 16.6 Å². The van der Waals surface area contributed by atoms with E-state index in [1.165, 1.54) is 18.6 Å². The van der Waals surface area contributed by atoms with E-state index in [1.807, 2.05) is 13.8 Å². The molecule has 5 heteroatoms. The van der Waals surface area contributed by atoms with E-state index in [0.717, 1.165) is 25.3 Å². The maximum atomic E-state index is 13.7. The van der Waals surface area contributed by atoms with Crippen molar-refractivity contribution in [1.29, 1.82) is 0 Å². The summed E-state index contributed by atoms with van der Waals surface area (Å²) in [5.41, 5.74) is 0.985. The molecule has 26 heavy (non-hydrogen) atoms. The highest BCUT2D eigenvalue weighted by molar-refractivity contribution is 5.79. The van der Waals surface area contributed by atoms with E-state index < -0.39 is 5.82 Å². The Bertz CT molecular complexity index is 933. The van der Waals surface area contributed by atoms with E-state index in [9.17, 15) is 9.18 Å². The topological polar surface area (TPSA) is 38.1 Å². The largest absolute Gasteiger partial charge is 0.339 e. The maximum absolute atomic E-state index is 13.7. The lowest BCUT2D eigenvalue weighted by molar-refractivity contribution is 0.136. The van der Waals surface area contributed by atoms with Crippen LogP contribution in [0.1, 0.15) is 59.9 Å². The third kappa shape index (κ3) is 2.72. The van der Waals surface area contributed by atoms with Gasteiger partial charge in [0.2, 0.25) is 5.95 Å². The Morgan fingerprint density at radius 1 is 1.23 bits per heavy atom. The van der Waals surface area contributed by atoms with Crippen LogP contribution in [-0.4, -0.2) is 22.1 Å². The number of hydrogen-bond donors (Lipinski definition) is 0. The van der Waals surface area contributed by atoms with Gasteiger partial charge in [-0.25, -0.2) is 9.37 Å². The summed E-state index contributed by atoms with van der Waals surface area (Å²) in [7, 11) is 0. The van der Waals surface area contributed by atoms with Gasteiger partial charge in [0.05, 0.1) is 10.9 Å². The van der Waals surface area contributed by atoms with Gasteiger partial charge in [0.15, 0.2) is 0 Å². The molecule has 2 atom stereocenters. The highest BCUT2D eigenvalue weighted by Crippen LogP contribution is 2.53. The molecule has 0 radical (unpaired) electrons. The summed E-state index contributed by atoms with van der Waals surface area (Å²) in [6.07, 6.45) is 3.45. The molecule has 4 rings (SSSR count). The van der Waals surface area contributed by atoms with Crippen LogP contribution in [0.2, 0.25) is 0 Å². The molecule has 4 nitrogen and oxygen atoms in total. The second-order valence-corrected chi connectivity index (χ2v) is 9.68. The van der Waals surface area contributed by atoms with Crippen molar-refractivity contribution in [3.8, 4) is 0 Å². The molecule has 1 aliphatic heterocycles. The van der Waals surface area contributed by atoms with E-state index >= 15 is 0 Å². The zero-order valence-electron chi connectivity index (χ0n) is 16.3. The predicted molar refractivity (Wildman–Crippen MR) is 103 cm³/mol. The molecule has 2 heterocycles. The van der Waals surface area contributed by atoms with Crippen molar-refractivity contribution in [3.63, 3.8) is 0 Å². The first-order valence-electron chi connectivity index (χ1n) is 9.57. The van der Waals surface area contributed by atoms with Crippen molar-refractivity contribution < 1.29 is 4.39 Å². The summed E-state index contributed by atoms with van der Waals surface area (Å²) in [4.78, 5) is 20.3. The molecule has 2 aliphatic rings. The molecule has 0 spiro atoms. The molecular formula is C21H28FN3O. The van der Waals surface area contributed by atoms with Crippen molar-refractivity contribution in [2.75, 3.05) is 11.4 Å². The lowest BCUT2D eigenvalue weighted by Crippen LogP contribution is -2.38. The molecule has 0 amide bonds. The molecule has 1 aromatic carbocycles. The fourth-order valence-electron chi connectivity index (χ4n) is 5.52. The molecule has 1 aromatic heterocycles. The van der Waals surface area contributed by atoms with Crippen molar-refractivity contribution >= 4 is 16.9 Å². The first kappa shape index (κ1) is 17.5. The number of nitrogens with zero attached hydrogens (tertiary/aromatic N) is 3. The zero-order valence-corrected chi connectivity index (χ0v) is 16.3. The molecular weight excluding hydrogens is 329 g/mol. The van der Waals surface area contributed by atoms with Gasteiger partial charge in [-0.1, -0.05) is 20.8 Å². The van der Waals surface area contributed by atoms with Gasteiger partial charge >= 0.3 is 0 Å². The summed E-state index contributed by atoms with van der Waals surface area (Å²) < 4.78 is 15.4. The van der Waals surface area contributed by atoms with E-state index in [2.05, 4.69) is 25.7 Å². The summed E-state index contributed by atoms with van der Waals surface area (Å²) >= 11 is 0. The van der Waals surface area contributed by atoms with Crippen LogP contribution >= 0.6 is 0 Å². The standard InChI is InChI=1S/C21H28FN3O/c1-13(2)25-18(26)16-8-14(22)6-7-17(16)23-19(25)24-12-21(5)10-15(24)9-20(3,4)11-21/h6-8,13,15H,9-12H2,1-5H3/t15-,21+/m0/s1. The third-order valence-electron chi connectivity index (χ3n) is 6.03. The van der Waals surface area contributed by atoms with Crippen molar-refractivity contribution in [1.82, 2.24) is 9.55 Å². The SMILES string of the molecule is CC(C)n1c(N2C[C@]3(C)C[C@@H]2CC(C)(C)C3)nc2ccc(F)cc2c1=O. The number of rotatable bonds is 2. The summed E-state index contributed by atoms with van der Waals surface area (Å²) in [5, 5.41) is 0.358. The zero-order chi connectivity index (χ0) is 18.9. The van der Waals surface area contributed by atoms with Crippen LogP contribution in [0.3, 0.4) is 0 Å². The second-order valence-electron chi connectivity index (χ2n) is 9.68. The predicted octanol–water partition coefficient (Wildman–Crippen LogP) is 4.52. The highest BCUT2D eigenvalue weighted by atomic mass is 19.1. The molecule has 0 unspecified atom stereocenters. The lowest BCUT2D eigenvalue weighted by Gasteiger charge is -2.39. The van der Waals surface area contributed by atoms with Crippen molar-refractivity contribution in [3.05, 3.63) is 34.4 Å². The monoisotopic (exact) mass is 357 g/mol. The van der Waals surface area contributed by atoms with Gasteiger partial charge in [-0.2, -0.15) is 0 Å². The molecule has 1 aliphatic carbocycles. The Hall–Kier alpha value is -1.91. The van der Waals surface area contributed by atoms with Crippen LogP contribution in [0.15, 0.2) is 23.0 Å². The average Bonchev–Trinajstić information content (AvgIpc) is 2.76.